The molecule has 1 unspecified atom stereocenters. The van der Waals surface area contributed by atoms with Crippen molar-refractivity contribution in [1.29, 1.82) is 0 Å². The number of carbonyl (C=O) groups excluding carboxylic acids is 1. The maximum absolute atomic E-state index is 11.2. The summed E-state index contributed by atoms with van der Waals surface area (Å²) in [7, 11) is 0. The van der Waals surface area contributed by atoms with Gasteiger partial charge in [0, 0.05) is 19.3 Å². The molecule has 92 valence electrons. The van der Waals surface area contributed by atoms with E-state index in [1.165, 1.54) is 6.42 Å². The molecule has 1 saturated heterocycles. The van der Waals surface area contributed by atoms with Gasteiger partial charge in [-0.1, -0.05) is 6.92 Å². The molecule has 3 N–H and O–H groups in total. The van der Waals surface area contributed by atoms with Crippen LogP contribution < -0.4 is 11.3 Å². The number of rotatable bonds is 3. The molecule has 0 saturated carbocycles. The Kier molecular flexibility index (Phi) is 3.71. The van der Waals surface area contributed by atoms with Gasteiger partial charge in [-0.25, -0.2) is 5.84 Å². The number of nitrogens with one attached hydrogen (secondary N) is 1. The summed E-state index contributed by atoms with van der Waals surface area (Å²) >= 11 is 0. The van der Waals surface area contributed by atoms with Crippen LogP contribution in [-0.2, 0) is 6.54 Å². The van der Waals surface area contributed by atoms with E-state index in [2.05, 4.69) is 22.2 Å². The smallest absolute Gasteiger partial charge is 0.266 e. The van der Waals surface area contributed by atoms with Crippen molar-refractivity contribution >= 4 is 5.91 Å². The molecule has 17 heavy (non-hydrogen) atoms. The van der Waals surface area contributed by atoms with Crippen molar-refractivity contribution in [3.63, 3.8) is 0 Å². The number of amides is 1. The minimum Gasteiger partial charge on any atom is -0.297 e. The number of aromatic nitrogens is 1. The topological polar surface area (TPSA) is 71.2 Å². The monoisotopic (exact) mass is 234 g/mol. The Hall–Kier alpha value is -1.46. The number of carbonyl (C=O) groups is 1. The van der Waals surface area contributed by atoms with Gasteiger partial charge >= 0.3 is 0 Å². The number of pyridine rings is 1. The number of likely N-dealkylation sites (tertiary alicyclic amines) is 1. The zero-order chi connectivity index (χ0) is 12.3. The molecule has 1 aliphatic rings. The molecule has 1 aromatic heterocycles. The number of nitrogens with two attached hydrogens (primary N) is 1. The van der Waals surface area contributed by atoms with Gasteiger partial charge in [-0.05, 0) is 31.0 Å². The highest BCUT2D eigenvalue weighted by molar-refractivity contribution is 5.93. The average Bonchev–Trinajstić information content (AvgIpc) is 2.75. The number of hydrogen-bond acceptors (Lipinski definition) is 4. The maximum Gasteiger partial charge on any atom is 0.266 e. The van der Waals surface area contributed by atoms with Crippen molar-refractivity contribution in [2.75, 3.05) is 13.1 Å². The van der Waals surface area contributed by atoms with Gasteiger partial charge in [0.25, 0.3) is 5.91 Å². The fourth-order valence-corrected chi connectivity index (χ4v) is 2.13. The van der Waals surface area contributed by atoms with E-state index in [0.717, 1.165) is 31.2 Å². The quantitative estimate of drug-likeness (QED) is 0.454. The van der Waals surface area contributed by atoms with E-state index >= 15 is 0 Å². The van der Waals surface area contributed by atoms with Gasteiger partial charge in [-0.15, -0.1) is 0 Å². The second-order valence-electron chi connectivity index (χ2n) is 4.64. The molecule has 0 aromatic carbocycles. The van der Waals surface area contributed by atoms with Gasteiger partial charge in [0.1, 0.15) is 0 Å². The zero-order valence-electron chi connectivity index (χ0n) is 10.0. The lowest BCUT2D eigenvalue weighted by Crippen LogP contribution is -2.30. The molecule has 5 heteroatoms. The first-order valence-corrected chi connectivity index (χ1v) is 5.87. The Bertz CT molecular complexity index is 390. The molecular formula is C12H18N4O. The van der Waals surface area contributed by atoms with Crippen LogP contribution in [0.25, 0.3) is 0 Å². The third-order valence-electron chi connectivity index (χ3n) is 3.11. The third-order valence-corrected chi connectivity index (χ3v) is 3.11. The Morgan fingerprint density at radius 2 is 2.47 bits per heavy atom. The third kappa shape index (κ3) is 3.01. The lowest BCUT2D eigenvalue weighted by Gasteiger charge is -2.14. The standard InChI is InChI=1S/C12H18N4O/c1-9-4-5-16(7-9)8-11-3-2-10(6-14-11)12(17)15-13/h2-3,6,9H,4-5,7-8,13H2,1H3,(H,15,17). The minimum absolute atomic E-state index is 0.307. The molecule has 2 heterocycles. The van der Waals surface area contributed by atoms with Crippen LogP contribution >= 0.6 is 0 Å². The maximum atomic E-state index is 11.2. The number of nitrogen functional groups attached to an aromatic ring is 1. The van der Waals surface area contributed by atoms with E-state index in [9.17, 15) is 4.79 Å². The van der Waals surface area contributed by atoms with Gasteiger partial charge in [-0.3, -0.25) is 20.1 Å². The van der Waals surface area contributed by atoms with Gasteiger partial charge in [0.05, 0.1) is 11.3 Å². The Morgan fingerprint density at radius 1 is 1.65 bits per heavy atom. The lowest BCUT2D eigenvalue weighted by molar-refractivity contribution is 0.0953. The molecule has 1 aliphatic heterocycles. The summed E-state index contributed by atoms with van der Waals surface area (Å²) in [4.78, 5) is 17.9. The van der Waals surface area contributed by atoms with Crippen molar-refractivity contribution in [2.45, 2.75) is 19.9 Å². The van der Waals surface area contributed by atoms with Crippen LogP contribution in [0, 0.1) is 5.92 Å². The second kappa shape index (κ2) is 5.25. The normalized spacial score (nSPS) is 20.5. The largest absolute Gasteiger partial charge is 0.297 e. The molecule has 1 aromatic rings. The summed E-state index contributed by atoms with van der Waals surface area (Å²) in [6.07, 6.45) is 2.82. The predicted octanol–water partition coefficient (Wildman–Crippen LogP) is 0.527. The Labute approximate surface area is 101 Å². The van der Waals surface area contributed by atoms with Crippen LogP contribution in [0.15, 0.2) is 18.3 Å². The average molecular weight is 234 g/mol. The molecule has 0 aliphatic carbocycles. The zero-order valence-corrected chi connectivity index (χ0v) is 10.0. The number of hydrazine groups is 1. The highest BCUT2D eigenvalue weighted by Gasteiger charge is 2.18. The van der Waals surface area contributed by atoms with Gasteiger partial charge < -0.3 is 0 Å². The van der Waals surface area contributed by atoms with Gasteiger partial charge in [0.15, 0.2) is 0 Å². The molecule has 1 fully saturated rings. The summed E-state index contributed by atoms with van der Waals surface area (Å²) < 4.78 is 0. The van der Waals surface area contributed by atoms with E-state index < -0.39 is 0 Å². The molecular weight excluding hydrogens is 216 g/mol. The van der Waals surface area contributed by atoms with Crippen molar-refractivity contribution in [1.82, 2.24) is 15.3 Å². The minimum atomic E-state index is -0.307. The van der Waals surface area contributed by atoms with E-state index in [-0.39, 0.29) is 5.91 Å². The predicted molar refractivity (Wildman–Crippen MR) is 64.9 cm³/mol. The van der Waals surface area contributed by atoms with E-state index in [4.69, 9.17) is 5.84 Å². The van der Waals surface area contributed by atoms with Gasteiger partial charge in [-0.2, -0.15) is 0 Å². The molecule has 1 amide bonds. The van der Waals surface area contributed by atoms with Crippen molar-refractivity contribution in [2.24, 2.45) is 11.8 Å². The van der Waals surface area contributed by atoms with E-state index in [1.807, 2.05) is 6.07 Å². The van der Waals surface area contributed by atoms with Crippen LogP contribution in [0.4, 0.5) is 0 Å². The van der Waals surface area contributed by atoms with Crippen LogP contribution in [0.1, 0.15) is 29.4 Å². The fourth-order valence-electron chi connectivity index (χ4n) is 2.13. The van der Waals surface area contributed by atoms with E-state index in [0.29, 0.717) is 5.56 Å². The molecule has 0 radical (unpaired) electrons. The summed E-state index contributed by atoms with van der Waals surface area (Å²) in [5, 5.41) is 0. The van der Waals surface area contributed by atoms with Crippen LogP contribution in [0.3, 0.4) is 0 Å². The Balaban J connectivity index is 1.96. The number of nitrogens with zero attached hydrogens (tertiary/aromatic N) is 2. The summed E-state index contributed by atoms with van der Waals surface area (Å²) in [5.41, 5.74) is 3.58. The molecule has 1 atom stereocenters. The van der Waals surface area contributed by atoms with Crippen molar-refractivity contribution in [3.8, 4) is 0 Å². The Morgan fingerprint density at radius 3 is 3.00 bits per heavy atom. The molecule has 2 rings (SSSR count). The second-order valence-corrected chi connectivity index (χ2v) is 4.64. The summed E-state index contributed by atoms with van der Waals surface area (Å²) in [5.74, 6) is 5.52. The van der Waals surface area contributed by atoms with Crippen LogP contribution in [0.2, 0.25) is 0 Å². The first-order valence-electron chi connectivity index (χ1n) is 5.87. The SMILES string of the molecule is CC1CCN(Cc2ccc(C(=O)NN)cn2)C1. The highest BCUT2D eigenvalue weighted by Crippen LogP contribution is 2.17. The first-order chi connectivity index (χ1) is 8.19. The molecule has 0 spiro atoms. The first kappa shape index (κ1) is 12.0. The van der Waals surface area contributed by atoms with Crippen molar-refractivity contribution in [3.05, 3.63) is 29.6 Å². The molecule has 0 bridgehead atoms. The fraction of sp³-hybridized carbons (Fsp3) is 0.500. The molecule has 5 nitrogen and oxygen atoms in total. The summed E-state index contributed by atoms with van der Waals surface area (Å²) in [6.45, 7) is 5.39. The van der Waals surface area contributed by atoms with Gasteiger partial charge in [0.2, 0.25) is 0 Å². The summed E-state index contributed by atoms with van der Waals surface area (Å²) in [6, 6.07) is 3.64. The van der Waals surface area contributed by atoms with E-state index in [1.54, 1.807) is 12.3 Å². The number of hydrogen-bond donors (Lipinski definition) is 2. The van der Waals surface area contributed by atoms with Crippen molar-refractivity contribution < 1.29 is 4.79 Å². The van der Waals surface area contributed by atoms with Crippen LogP contribution in [-0.4, -0.2) is 28.9 Å². The lowest BCUT2D eigenvalue weighted by atomic mass is 10.2. The highest BCUT2D eigenvalue weighted by atomic mass is 16.2. The van der Waals surface area contributed by atoms with Crippen LogP contribution in [0.5, 0.6) is 0 Å².